The molecule has 2 aromatic heterocycles. The summed E-state index contributed by atoms with van der Waals surface area (Å²) in [6.07, 6.45) is -4.73. The van der Waals surface area contributed by atoms with Crippen molar-refractivity contribution in [1.29, 1.82) is 0 Å². The molecule has 0 aliphatic carbocycles. The number of aromatic nitrogens is 4. The molecule has 0 bridgehead atoms. The normalized spacial score (nSPS) is 11.5. The van der Waals surface area contributed by atoms with Gasteiger partial charge in [0, 0.05) is 6.07 Å². The number of rotatable bonds is 6. The molecule has 0 aromatic carbocycles. The van der Waals surface area contributed by atoms with Gasteiger partial charge in [-0.15, -0.1) is 10.2 Å². The van der Waals surface area contributed by atoms with Crippen molar-refractivity contribution in [2.75, 3.05) is 16.8 Å². The van der Waals surface area contributed by atoms with Crippen LogP contribution in [0.15, 0.2) is 20.4 Å². The van der Waals surface area contributed by atoms with Crippen LogP contribution in [0.2, 0.25) is 0 Å². The predicted molar refractivity (Wildman–Crippen MR) is 85.5 cm³/mol. The quantitative estimate of drug-likeness (QED) is 0.439. The standard InChI is InChI=1S/C11H10F3N5O2S3/c1-2-22-10-19-18-9(24-10)17-7(21)4-23-8-15-5(11(12,13)14)3-6(20)16-8/h3H,2,4H2,1H3,(H,15,16,20)(H,17,18,21). The highest BCUT2D eigenvalue weighted by Gasteiger charge is 2.33. The number of amides is 1. The molecule has 0 unspecified atom stereocenters. The Morgan fingerprint density at radius 2 is 2.12 bits per heavy atom. The number of nitrogens with zero attached hydrogens (tertiary/aromatic N) is 3. The van der Waals surface area contributed by atoms with E-state index in [1.165, 1.54) is 23.1 Å². The van der Waals surface area contributed by atoms with Crippen LogP contribution in [0.1, 0.15) is 12.6 Å². The molecule has 0 fully saturated rings. The number of alkyl halides is 3. The molecule has 2 rings (SSSR count). The van der Waals surface area contributed by atoms with Crippen LogP contribution in [-0.2, 0) is 11.0 Å². The summed E-state index contributed by atoms with van der Waals surface area (Å²) in [6, 6.07) is 0.359. The maximum absolute atomic E-state index is 12.6. The van der Waals surface area contributed by atoms with Gasteiger partial charge in [-0.2, -0.15) is 13.2 Å². The third-order valence-electron chi connectivity index (χ3n) is 2.27. The molecule has 0 saturated heterocycles. The van der Waals surface area contributed by atoms with Crippen molar-refractivity contribution in [3.8, 4) is 0 Å². The summed E-state index contributed by atoms with van der Waals surface area (Å²) in [5.74, 6) is 0.0804. The molecular weight excluding hydrogens is 387 g/mol. The number of carbonyl (C=O) groups excluding carboxylic acids is 1. The molecule has 7 nitrogen and oxygen atoms in total. The number of anilines is 1. The van der Waals surface area contributed by atoms with Gasteiger partial charge in [0.1, 0.15) is 0 Å². The first-order valence-corrected chi connectivity index (χ1v) is 9.14. The lowest BCUT2D eigenvalue weighted by Gasteiger charge is -2.06. The highest BCUT2D eigenvalue weighted by Crippen LogP contribution is 2.28. The molecule has 0 radical (unpaired) electrons. The Balaban J connectivity index is 1.96. The molecule has 0 aliphatic heterocycles. The van der Waals surface area contributed by atoms with Gasteiger partial charge in [0.05, 0.1) is 5.75 Å². The number of nitrogens with one attached hydrogen (secondary N) is 2. The van der Waals surface area contributed by atoms with E-state index in [0.29, 0.717) is 27.3 Å². The van der Waals surface area contributed by atoms with Crippen LogP contribution in [0.4, 0.5) is 18.3 Å². The van der Waals surface area contributed by atoms with Crippen molar-refractivity contribution in [3.05, 3.63) is 22.1 Å². The lowest BCUT2D eigenvalue weighted by Crippen LogP contribution is -2.18. The Hall–Kier alpha value is -1.60. The molecule has 2 N–H and O–H groups in total. The molecule has 2 aromatic rings. The van der Waals surface area contributed by atoms with Gasteiger partial charge < -0.3 is 4.98 Å². The molecule has 2 heterocycles. The number of aromatic amines is 1. The zero-order valence-electron chi connectivity index (χ0n) is 12.0. The van der Waals surface area contributed by atoms with Crippen molar-refractivity contribution in [2.45, 2.75) is 22.6 Å². The van der Waals surface area contributed by atoms with Crippen LogP contribution in [0.5, 0.6) is 0 Å². The highest BCUT2D eigenvalue weighted by molar-refractivity contribution is 8.01. The monoisotopic (exact) mass is 397 g/mol. The zero-order chi connectivity index (χ0) is 17.7. The average Bonchev–Trinajstić information content (AvgIpc) is 2.91. The lowest BCUT2D eigenvalue weighted by atomic mass is 10.4. The van der Waals surface area contributed by atoms with Crippen LogP contribution in [0.25, 0.3) is 0 Å². The number of hydrogen-bond acceptors (Lipinski definition) is 8. The molecular formula is C11H10F3N5O2S3. The summed E-state index contributed by atoms with van der Waals surface area (Å²) >= 11 is 3.35. The molecule has 24 heavy (non-hydrogen) atoms. The summed E-state index contributed by atoms with van der Waals surface area (Å²) < 4.78 is 38.4. The smallest absolute Gasteiger partial charge is 0.301 e. The van der Waals surface area contributed by atoms with E-state index in [2.05, 4.69) is 25.5 Å². The second-order valence-corrected chi connectivity index (χ2v) is 7.53. The first-order chi connectivity index (χ1) is 11.3. The van der Waals surface area contributed by atoms with E-state index in [0.717, 1.165) is 5.75 Å². The maximum atomic E-state index is 12.6. The minimum Gasteiger partial charge on any atom is -0.301 e. The topological polar surface area (TPSA) is 101 Å². The van der Waals surface area contributed by atoms with Crippen LogP contribution < -0.4 is 10.9 Å². The van der Waals surface area contributed by atoms with Gasteiger partial charge in [-0.25, -0.2) is 4.98 Å². The van der Waals surface area contributed by atoms with E-state index in [9.17, 15) is 22.8 Å². The Morgan fingerprint density at radius 1 is 1.38 bits per heavy atom. The number of H-pyrrole nitrogens is 1. The van der Waals surface area contributed by atoms with Gasteiger partial charge in [0.15, 0.2) is 15.2 Å². The van der Waals surface area contributed by atoms with Gasteiger partial charge >= 0.3 is 6.18 Å². The SMILES string of the molecule is CCSc1nnc(NC(=O)CSc2nc(C(F)(F)F)cc(=O)[nH]2)s1. The van der Waals surface area contributed by atoms with Crippen molar-refractivity contribution in [2.24, 2.45) is 0 Å². The van der Waals surface area contributed by atoms with Gasteiger partial charge in [-0.1, -0.05) is 41.8 Å². The molecule has 13 heteroatoms. The van der Waals surface area contributed by atoms with E-state index in [1.807, 2.05) is 6.92 Å². The largest absolute Gasteiger partial charge is 0.433 e. The van der Waals surface area contributed by atoms with Crippen molar-refractivity contribution >= 4 is 45.9 Å². The second-order valence-electron chi connectivity index (χ2n) is 4.08. The molecule has 0 atom stereocenters. The molecule has 0 spiro atoms. The lowest BCUT2D eigenvalue weighted by molar-refractivity contribution is -0.141. The number of thioether (sulfide) groups is 2. The third kappa shape index (κ3) is 5.49. The zero-order valence-corrected chi connectivity index (χ0v) is 14.5. The maximum Gasteiger partial charge on any atom is 0.433 e. The molecule has 0 aliphatic rings. The fourth-order valence-corrected chi connectivity index (χ4v) is 3.72. The van der Waals surface area contributed by atoms with Crippen molar-refractivity contribution in [1.82, 2.24) is 20.2 Å². The van der Waals surface area contributed by atoms with E-state index < -0.39 is 23.3 Å². The molecule has 130 valence electrons. The van der Waals surface area contributed by atoms with Crippen LogP contribution in [0, 0.1) is 0 Å². The van der Waals surface area contributed by atoms with Crippen LogP contribution in [-0.4, -0.2) is 37.6 Å². The molecule has 1 amide bonds. The second kappa shape index (κ2) is 7.98. The third-order valence-corrected chi connectivity index (χ3v) is 5.00. The van der Waals surface area contributed by atoms with Gasteiger partial charge in [-0.3, -0.25) is 14.9 Å². The summed E-state index contributed by atoms with van der Waals surface area (Å²) in [7, 11) is 0. The Bertz CT molecular complexity index is 777. The summed E-state index contributed by atoms with van der Waals surface area (Å²) in [5.41, 5.74) is -2.25. The van der Waals surface area contributed by atoms with Crippen molar-refractivity contribution in [3.63, 3.8) is 0 Å². The summed E-state index contributed by atoms with van der Waals surface area (Å²) in [4.78, 5) is 28.4. The summed E-state index contributed by atoms with van der Waals surface area (Å²) in [6.45, 7) is 1.95. The van der Waals surface area contributed by atoms with Gasteiger partial charge in [-0.05, 0) is 5.75 Å². The first-order valence-electron chi connectivity index (χ1n) is 6.35. The average molecular weight is 397 g/mol. The van der Waals surface area contributed by atoms with E-state index in [-0.39, 0.29) is 10.9 Å². The van der Waals surface area contributed by atoms with Crippen LogP contribution in [0.3, 0.4) is 0 Å². The van der Waals surface area contributed by atoms with E-state index >= 15 is 0 Å². The number of halogens is 3. The van der Waals surface area contributed by atoms with Crippen molar-refractivity contribution < 1.29 is 18.0 Å². The fraction of sp³-hybridized carbons (Fsp3) is 0.364. The minimum absolute atomic E-state index is 0.236. The highest BCUT2D eigenvalue weighted by atomic mass is 32.2. The molecule has 0 saturated carbocycles. The number of hydrogen-bond donors (Lipinski definition) is 2. The Kier molecular flexibility index (Phi) is 6.23. The fourth-order valence-electron chi connectivity index (χ4n) is 1.38. The van der Waals surface area contributed by atoms with Gasteiger partial charge in [0.25, 0.3) is 5.56 Å². The first kappa shape index (κ1) is 18.7. The predicted octanol–water partition coefficient (Wildman–Crippen LogP) is 2.48. The summed E-state index contributed by atoms with van der Waals surface area (Å²) in [5, 5.41) is 10.1. The Labute approximate surface area is 145 Å². The van der Waals surface area contributed by atoms with E-state index in [1.54, 1.807) is 0 Å². The van der Waals surface area contributed by atoms with Crippen LogP contribution >= 0.6 is 34.9 Å². The van der Waals surface area contributed by atoms with Gasteiger partial charge in [0.2, 0.25) is 11.0 Å². The van der Waals surface area contributed by atoms with E-state index in [4.69, 9.17) is 0 Å². The Morgan fingerprint density at radius 3 is 2.79 bits per heavy atom. The number of carbonyl (C=O) groups is 1. The minimum atomic E-state index is -4.73.